The molecule has 34 heavy (non-hydrogen) atoms. The van der Waals surface area contributed by atoms with Crippen molar-refractivity contribution in [1.29, 1.82) is 0 Å². The predicted octanol–water partition coefficient (Wildman–Crippen LogP) is 5.01. The van der Waals surface area contributed by atoms with Crippen LogP contribution in [-0.2, 0) is 13.1 Å². The average Bonchev–Trinajstić information content (AvgIpc) is 3.49. The van der Waals surface area contributed by atoms with Crippen molar-refractivity contribution in [3.8, 4) is 0 Å². The molecule has 3 aliphatic rings. The summed E-state index contributed by atoms with van der Waals surface area (Å²) in [5, 5.41) is 9.15. The van der Waals surface area contributed by atoms with E-state index in [4.69, 9.17) is 5.10 Å². The van der Waals surface area contributed by atoms with Crippen LogP contribution in [0.4, 0.5) is 11.5 Å². The zero-order chi connectivity index (χ0) is 23.4. The molecule has 4 heterocycles. The standard InChI is InChI=1S/C27H34N6O/c1-16(2)17(3)32-14-18-8-9-20(12-19(18)15-32)30-26-25-24(10-11-28-27(25)34)33(31-26)23-7-5-4-6-21(23)22-13-29-22/h8-12,16-17,21,23H,4-7,13-15H2,1-3H3,(H,28,34)(H,30,31). The van der Waals surface area contributed by atoms with Crippen LogP contribution in [-0.4, -0.2) is 38.0 Å². The van der Waals surface area contributed by atoms with Gasteiger partial charge in [-0.2, -0.15) is 5.10 Å². The Bertz CT molecular complexity index is 1320. The van der Waals surface area contributed by atoms with Gasteiger partial charge < -0.3 is 10.3 Å². The van der Waals surface area contributed by atoms with Crippen molar-refractivity contribution in [3.63, 3.8) is 0 Å². The lowest BCUT2D eigenvalue weighted by Crippen LogP contribution is -2.32. The van der Waals surface area contributed by atoms with E-state index < -0.39 is 0 Å². The fourth-order valence-electron chi connectivity index (χ4n) is 5.86. The van der Waals surface area contributed by atoms with Crippen molar-refractivity contribution in [2.45, 2.75) is 71.6 Å². The van der Waals surface area contributed by atoms with Gasteiger partial charge in [-0.1, -0.05) is 32.8 Å². The van der Waals surface area contributed by atoms with Gasteiger partial charge in [-0.15, -0.1) is 0 Å². The highest BCUT2D eigenvalue weighted by atomic mass is 16.1. The number of pyridine rings is 1. The Morgan fingerprint density at radius 1 is 1.09 bits per heavy atom. The SMILES string of the molecule is CC(C)C(C)N1Cc2ccc(Nc3nn(C4CCCCC4C4=NC4)c4cc[nH]c(=O)c34)cc2C1. The molecule has 1 aliphatic carbocycles. The molecule has 2 aliphatic heterocycles. The van der Waals surface area contributed by atoms with Crippen molar-refractivity contribution < 1.29 is 0 Å². The van der Waals surface area contributed by atoms with E-state index in [2.05, 4.69) is 63.8 Å². The average molecular weight is 459 g/mol. The van der Waals surface area contributed by atoms with E-state index in [0.717, 1.165) is 43.7 Å². The minimum absolute atomic E-state index is 0.0968. The second-order valence-corrected chi connectivity index (χ2v) is 10.6. The van der Waals surface area contributed by atoms with E-state index in [-0.39, 0.29) is 11.6 Å². The summed E-state index contributed by atoms with van der Waals surface area (Å²) in [6.07, 6.45) is 6.41. The van der Waals surface area contributed by atoms with Crippen molar-refractivity contribution in [1.82, 2.24) is 19.7 Å². The molecule has 1 saturated carbocycles. The number of fused-ring (bicyclic) bond motifs is 2. The molecule has 7 nitrogen and oxygen atoms in total. The molecule has 0 spiro atoms. The van der Waals surface area contributed by atoms with Gasteiger partial charge >= 0.3 is 0 Å². The predicted molar refractivity (Wildman–Crippen MR) is 137 cm³/mol. The van der Waals surface area contributed by atoms with Gasteiger partial charge in [0, 0.05) is 42.6 Å². The van der Waals surface area contributed by atoms with Crippen LogP contribution < -0.4 is 10.9 Å². The Morgan fingerprint density at radius 2 is 1.88 bits per heavy atom. The minimum atomic E-state index is -0.0968. The lowest BCUT2D eigenvalue weighted by atomic mass is 9.83. The molecule has 0 radical (unpaired) electrons. The molecule has 7 heteroatoms. The number of aromatic amines is 1. The van der Waals surface area contributed by atoms with Gasteiger partial charge in [0.25, 0.3) is 5.56 Å². The largest absolute Gasteiger partial charge is 0.338 e. The second kappa shape index (κ2) is 8.38. The van der Waals surface area contributed by atoms with E-state index in [0.29, 0.717) is 29.1 Å². The van der Waals surface area contributed by atoms with Crippen LogP contribution in [0.15, 0.2) is 40.2 Å². The van der Waals surface area contributed by atoms with Crippen LogP contribution in [0.2, 0.25) is 0 Å². The molecule has 0 amide bonds. The number of aliphatic imine (C=N–C) groups is 1. The molecule has 178 valence electrons. The van der Waals surface area contributed by atoms with Crippen molar-refractivity contribution in [2.75, 3.05) is 11.9 Å². The Kier molecular flexibility index (Phi) is 5.32. The smallest absolute Gasteiger partial charge is 0.261 e. The molecule has 2 N–H and O–H groups in total. The molecule has 3 atom stereocenters. The van der Waals surface area contributed by atoms with Gasteiger partial charge in [0.1, 0.15) is 5.39 Å². The van der Waals surface area contributed by atoms with E-state index in [1.54, 1.807) is 6.20 Å². The molecule has 1 fully saturated rings. The van der Waals surface area contributed by atoms with Gasteiger partial charge in [0.2, 0.25) is 0 Å². The van der Waals surface area contributed by atoms with Gasteiger partial charge in [-0.3, -0.25) is 19.4 Å². The number of H-pyrrole nitrogens is 1. The van der Waals surface area contributed by atoms with Crippen molar-refractivity contribution >= 4 is 28.1 Å². The highest BCUT2D eigenvalue weighted by Crippen LogP contribution is 2.39. The number of benzene rings is 1. The summed E-state index contributed by atoms with van der Waals surface area (Å²) in [5.74, 6) is 1.71. The molecule has 0 saturated heterocycles. The number of nitrogens with one attached hydrogen (secondary N) is 2. The monoisotopic (exact) mass is 458 g/mol. The first-order chi connectivity index (χ1) is 16.5. The molecule has 6 rings (SSSR count). The molecular formula is C27H34N6O. The van der Waals surface area contributed by atoms with E-state index in [1.165, 1.54) is 29.7 Å². The highest BCUT2D eigenvalue weighted by molar-refractivity contribution is 5.99. The Labute approximate surface area is 200 Å². The number of aromatic nitrogens is 3. The lowest BCUT2D eigenvalue weighted by Gasteiger charge is -2.30. The summed E-state index contributed by atoms with van der Waals surface area (Å²) in [5.41, 5.74) is 5.87. The van der Waals surface area contributed by atoms with E-state index in [9.17, 15) is 4.79 Å². The first-order valence-corrected chi connectivity index (χ1v) is 12.8. The van der Waals surface area contributed by atoms with Crippen LogP contribution in [0.3, 0.4) is 0 Å². The first kappa shape index (κ1) is 21.6. The van der Waals surface area contributed by atoms with Crippen LogP contribution in [0.25, 0.3) is 10.9 Å². The summed E-state index contributed by atoms with van der Waals surface area (Å²) < 4.78 is 2.11. The Hall–Kier alpha value is -2.93. The quantitative estimate of drug-likeness (QED) is 0.544. The van der Waals surface area contributed by atoms with Crippen molar-refractivity contribution in [2.24, 2.45) is 16.8 Å². The first-order valence-electron chi connectivity index (χ1n) is 12.8. The number of anilines is 2. The number of rotatable bonds is 6. The molecular weight excluding hydrogens is 424 g/mol. The maximum Gasteiger partial charge on any atom is 0.261 e. The minimum Gasteiger partial charge on any atom is -0.338 e. The third kappa shape index (κ3) is 3.76. The van der Waals surface area contributed by atoms with Gasteiger partial charge in [-0.05, 0) is 55.0 Å². The van der Waals surface area contributed by atoms with Crippen LogP contribution in [0, 0.1) is 11.8 Å². The van der Waals surface area contributed by atoms with Crippen LogP contribution >= 0.6 is 0 Å². The summed E-state index contributed by atoms with van der Waals surface area (Å²) in [6, 6.07) is 9.36. The normalized spacial score (nSPS) is 23.2. The zero-order valence-electron chi connectivity index (χ0n) is 20.3. The fourth-order valence-corrected chi connectivity index (χ4v) is 5.86. The molecule has 3 aromatic rings. The molecule has 0 bridgehead atoms. The van der Waals surface area contributed by atoms with Gasteiger partial charge in [0.05, 0.1) is 18.1 Å². The topological polar surface area (TPSA) is 78.3 Å². The Morgan fingerprint density at radius 3 is 2.68 bits per heavy atom. The molecule has 1 aromatic carbocycles. The lowest BCUT2D eigenvalue weighted by molar-refractivity contribution is 0.170. The summed E-state index contributed by atoms with van der Waals surface area (Å²) in [7, 11) is 0. The number of nitrogens with zero attached hydrogens (tertiary/aromatic N) is 4. The third-order valence-electron chi connectivity index (χ3n) is 8.20. The molecule has 3 unspecified atom stereocenters. The third-order valence-corrected chi connectivity index (χ3v) is 8.20. The van der Waals surface area contributed by atoms with E-state index >= 15 is 0 Å². The van der Waals surface area contributed by atoms with Gasteiger partial charge in [0.15, 0.2) is 5.82 Å². The van der Waals surface area contributed by atoms with E-state index in [1.807, 2.05) is 6.07 Å². The van der Waals surface area contributed by atoms with Crippen LogP contribution in [0.1, 0.15) is 63.6 Å². The second-order valence-electron chi connectivity index (χ2n) is 10.6. The van der Waals surface area contributed by atoms with Crippen molar-refractivity contribution in [3.05, 3.63) is 51.9 Å². The zero-order valence-corrected chi connectivity index (χ0v) is 20.3. The fraction of sp³-hybridized carbons (Fsp3) is 0.519. The number of hydrogen-bond acceptors (Lipinski definition) is 5. The molecule has 2 aromatic heterocycles. The van der Waals surface area contributed by atoms with Crippen LogP contribution in [0.5, 0.6) is 0 Å². The Balaban J connectivity index is 1.33. The highest BCUT2D eigenvalue weighted by Gasteiger charge is 2.36. The summed E-state index contributed by atoms with van der Waals surface area (Å²) in [6.45, 7) is 9.74. The maximum atomic E-state index is 12.9. The number of hydrogen-bond donors (Lipinski definition) is 2. The summed E-state index contributed by atoms with van der Waals surface area (Å²) in [4.78, 5) is 22.8. The maximum absolute atomic E-state index is 12.9. The van der Waals surface area contributed by atoms with Gasteiger partial charge in [-0.25, -0.2) is 0 Å². The summed E-state index contributed by atoms with van der Waals surface area (Å²) >= 11 is 0.